The highest BCUT2D eigenvalue weighted by molar-refractivity contribution is 14.1. The van der Waals surface area contributed by atoms with E-state index in [1.807, 2.05) is 30.3 Å². The Kier molecular flexibility index (Phi) is 7.94. The highest BCUT2D eigenvalue weighted by Gasteiger charge is 2.37. The van der Waals surface area contributed by atoms with Crippen molar-refractivity contribution < 1.29 is 28.7 Å². The molecular weight excluding hydrogens is 611 g/mol. The van der Waals surface area contributed by atoms with Gasteiger partial charge in [-0.3, -0.25) is 14.9 Å². The molecule has 0 atom stereocenters. The number of rotatable bonds is 6. The van der Waals surface area contributed by atoms with E-state index in [1.165, 1.54) is 44.6 Å². The molecule has 0 aromatic heterocycles. The number of carbonyl (C=O) groups excluding carboxylic acids is 4. The number of anilines is 1. The Labute approximate surface area is 231 Å². The molecular formula is C27H20ClIN2O6. The second-order valence-corrected chi connectivity index (χ2v) is 9.52. The molecule has 0 radical (unpaired) electrons. The second kappa shape index (κ2) is 11.1. The number of ether oxygens (including phenoxy) is 2. The van der Waals surface area contributed by atoms with Gasteiger partial charge in [0.2, 0.25) is 0 Å². The monoisotopic (exact) mass is 630 g/mol. The van der Waals surface area contributed by atoms with E-state index in [0.29, 0.717) is 22.8 Å². The molecule has 10 heteroatoms. The Balaban J connectivity index is 1.68. The summed E-state index contributed by atoms with van der Waals surface area (Å²) in [6, 6.07) is 15.8. The Bertz CT molecular complexity index is 1450. The zero-order valence-electron chi connectivity index (χ0n) is 19.7. The molecule has 1 N–H and O–H groups in total. The van der Waals surface area contributed by atoms with Crippen molar-refractivity contribution in [2.75, 3.05) is 19.1 Å². The van der Waals surface area contributed by atoms with Crippen molar-refractivity contribution in [2.45, 2.75) is 6.42 Å². The molecule has 1 fully saturated rings. The number of carbonyl (C=O) groups is 4. The van der Waals surface area contributed by atoms with E-state index in [4.69, 9.17) is 16.3 Å². The summed E-state index contributed by atoms with van der Waals surface area (Å²) in [5, 5.41) is 2.83. The lowest BCUT2D eigenvalue weighted by molar-refractivity contribution is -0.122. The van der Waals surface area contributed by atoms with E-state index in [-0.39, 0.29) is 16.8 Å². The quantitative estimate of drug-likeness (QED) is 0.178. The van der Waals surface area contributed by atoms with Crippen LogP contribution in [0.5, 0.6) is 5.75 Å². The second-order valence-electron chi connectivity index (χ2n) is 7.95. The van der Waals surface area contributed by atoms with Crippen LogP contribution in [0.15, 0.2) is 66.2 Å². The van der Waals surface area contributed by atoms with Crippen molar-refractivity contribution in [2.24, 2.45) is 0 Å². The average molecular weight is 631 g/mol. The first-order valence-corrected chi connectivity index (χ1v) is 12.4. The third kappa shape index (κ3) is 5.52. The van der Waals surface area contributed by atoms with Crippen molar-refractivity contribution in [3.05, 3.63) is 97.1 Å². The summed E-state index contributed by atoms with van der Waals surface area (Å²) < 4.78 is 11.1. The van der Waals surface area contributed by atoms with E-state index in [9.17, 15) is 19.2 Å². The number of barbiturate groups is 1. The lowest BCUT2D eigenvalue weighted by Gasteiger charge is -2.26. The van der Waals surface area contributed by atoms with Crippen molar-refractivity contribution in [3.63, 3.8) is 0 Å². The van der Waals surface area contributed by atoms with Gasteiger partial charge in [-0.25, -0.2) is 14.5 Å². The minimum Gasteiger partial charge on any atom is -0.496 e. The molecule has 1 aliphatic heterocycles. The number of amides is 4. The molecule has 1 saturated heterocycles. The number of nitrogens with zero attached hydrogens (tertiary/aromatic N) is 1. The van der Waals surface area contributed by atoms with E-state index >= 15 is 0 Å². The Morgan fingerprint density at radius 3 is 2.41 bits per heavy atom. The lowest BCUT2D eigenvalue weighted by atomic mass is 10.0. The molecule has 1 heterocycles. The maximum Gasteiger partial charge on any atom is 0.337 e. The molecule has 4 rings (SSSR count). The van der Waals surface area contributed by atoms with Gasteiger partial charge in [-0.1, -0.05) is 29.8 Å². The first kappa shape index (κ1) is 26.4. The summed E-state index contributed by atoms with van der Waals surface area (Å²) in [5.74, 6) is -1.60. The maximum absolute atomic E-state index is 13.2. The molecule has 3 aromatic rings. The number of esters is 1. The van der Waals surface area contributed by atoms with Crippen LogP contribution >= 0.6 is 34.2 Å². The highest BCUT2D eigenvalue weighted by Crippen LogP contribution is 2.32. The molecule has 8 nitrogen and oxygen atoms in total. The zero-order chi connectivity index (χ0) is 26.7. The van der Waals surface area contributed by atoms with Gasteiger partial charge in [0.1, 0.15) is 11.3 Å². The van der Waals surface area contributed by atoms with Crippen LogP contribution < -0.4 is 15.0 Å². The van der Waals surface area contributed by atoms with Crippen molar-refractivity contribution in [1.29, 1.82) is 0 Å². The molecule has 0 unspecified atom stereocenters. The maximum atomic E-state index is 13.2. The topological polar surface area (TPSA) is 102 Å². The van der Waals surface area contributed by atoms with Crippen molar-refractivity contribution in [1.82, 2.24) is 5.32 Å². The Morgan fingerprint density at radius 1 is 1.05 bits per heavy atom. The fraction of sp³-hybridized carbons (Fsp3) is 0.111. The van der Waals surface area contributed by atoms with Crippen LogP contribution in [-0.4, -0.2) is 38.0 Å². The van der Waals surface area contributed by atoms with Crippen LogP contribution in [0.1, 0.15) is 27.0 Å². The van der Waals surface area contributed by atoms with E-state index in [1.54, 1.807) is 6.07 Å². The van der Waals surface area contributed by atoms with Crippen LogP contribution in [0.4, 0.5) is 10.5 Å². The number of urea groups is 1. The minimum absolute atomic E-state index is 0.191. The predicted molar refractivity (Wildman–Crippen MR) is 147 cm³/mol. The van der Waals surface area contributed by atoms with E-state index in [0.717, 1.165) is 19.6 Å². The molecule has 0 spiro atoms. The molecule has 0 aliphatic carbocycles. The highest BCUT2D eigenvalue weighted by atomic mass is 127. The molecule has 37 heavy (non-hydrogen) atoms. The molecule has 188 valence electrons. The van der Waals surface area contributed by atoms with E-state index in [2.05, 4.69) is 32.6 Å². The average Bonchev–Trinajstić information content (AvgIpc) is 2.88. The van der Waals surface area contributed by atoms with E-state index < -0.39 is 23.8 Å². The summed E-state index contributed by atoms with van der Waals surface area (Å²) in [6.45, 7) is 0. The van der Waals surface area contributed by atoms with Gasteiger partial charge in [-0.05, 0) is 82.3 Å². The van der Waals surface area contributed by atoms with Crippen molar-refractivity contribution in [3.8, 4) is 5.75 Å². The van der Waals surface area contributed by atoms with Gasteiger partial charge in [0.15, 0.2) is 0 Å². The largest absolute Gasteiger partial charge is 0.496 e. The van der Waals surface area contributed by atoms with Gasteiger partial charge in [-0.2, -0.15) is 0 Å². The molecule has 3 aromatic carbocycles. The van der Waals surface area contributed by atoms with Gasteiger partial charge in [0, 0.05) is 20.6 Å². The first-order valence-electron chi connectivity index (χ1n) is 10.9. The SMILES string of the molecule is COC(=O)c1ccc(N2C(=O)NC(=O)/C(=C\c3cc(I)c(Cc4ccccc4Cl)c(OC)c3)C2=O)cc1. The zero-order valence-corrected chi connectivity index (χ0v) is 22.6. The molecule has 0 bridgehead atoms. The standard InChI is InChI=1S/C27H20ClIN2O6/c1-36-23-13-15(12-22(29)19(23)14-17-5-3-4-6-21(17)28)11-20-24(32)30-27(35)31(25(20)33)18-9-7-16(8-10-18)26(34)37-2/h3-13H,14H2,1-2H3,(H,30,32,35)/b20-11+. The molecule has 0 saturated carbocycles. The van der Waals surface area contributed by atoms with Crippen LogP contribution in [0.2, 0.25) is 5.02 Å². The van der Waals surface area contributed by atoms with Crippen molar-refractivity contribution >= 4 is 69.8 Å². The van der Waals surface area contributed by atoms with Crippen LogP contribution in [-0.2, 0) is 20.7 Å². The number of nitrogens with one attached hydrogen (secondary N) is 1. The van der Waals surface area contributed by atoms with Gasteiger partial charge < -0.3 is 9.47 Å². The number of hydrogen-bond acceptors (Lipinski definition) is 6. The van der Waals surface area contributed by atoms with Crippen LogP contribution in [0.25, 0.3) is 6.08 Å². The van der Waals surface area contributed by atoms with Crippen LogP contribution in [0, 0.1) is 3.57 Å². The number of methoxy groups -OCH3 is 2. The number of imide groups is 2. The first-order chi connectivity index (χ1) is 17.7. The summed E-state index contributed by atoms with van der Waals surface area (Å²) in [7, 11) is 2.79. The summed E-state index contributed by atoms with van der Waals surface area (Å²) in [4.78, 5) is 50.9. The van der Waals surface area contributed by atoms with Crippen LogP contribution in [0.3, 0.4) is 0 Å². The third-order valence-electron chi connectivity index (χ3n) is 5.68. The Morgan fingerprint density at radius 2 is 1.76 bits per heavy atom. The summed E-state index contributed by atoms with van der Waals surface area (Å²) in [5.41, 5.74) is 2.59. The smallest absolute Gasteiger partial charge is 0.337 e. The van der Waals surface area contributed by atoms with Gasteiger partial charge in [0.25, 0.3) is 11.8 Å². The minimum atomic E-state index is -0.889. The molecule has 4 amide bonds. The summed E-state index contributed by atoms with van der Waals surface area (Å²) in [6.07, 6.45) is 1.94. The number of halogens is 2. The number of benzene rings is 3. The normalized spacial score (nSPS) is 14.5. The fourth-order valence-electron chi connectivity index (χ4n) is 3.82. The Hall–Kier alpha value is -3.70. The third-order valence-corrected chi connectivity index (χ3v) is 7.01. The number of hydrogen-bond donors (Lipinski definition) is 1. The molecule has 1 aliphatic rings. The van der Waals surface area contributed by atoms with Gasteiger partial charge >= 0.3 is 12.0 Å². The lowest BCUT2D eigenvalue weighted by Crippen LogP contribution is -2.54. The van der Waals surface area contributed by atoms with Gasteiger partial charge in [0.05, 0.1) is 25.5 Å². The fourth-order valence-corrected chi connectivity index (χ4v) is 4.84. The predicted octanol–water partition coefficient (Wildman–Crippen LogP) is 5.00. The summed E-state index contributed by atoms with van der Waals surface area (Å²) >= 11 is 8.50. The van der Waals surface area contributed by atoms with Gasteiger partial charge in [-0.15, -0.1) is 0 Å².